The van der Waals surface area contributed by atoms with Gasteiger partial charge in [0.25, 0.3) is 0 Å². The minimum absolute atomic E-state index is 0.0413. The van der Waals surface area contributed by atoms with Crippen molar-refractivity contribution >= 4 is 28.8 Å². The maximum absolute atomic E-state index is 12.5. The molecule has 0 radical (unpaired) electrons. The molecule has 0 unspecified atom stereocenters. The summed E-state index contributed by atoms with van der Waals surface area (Å²) in [6.07, 6.45) is 3.38. The van der Waals surface area contributed by atoms with Crippen LogP contribution in [0.5, 0.6) is 11.5 Å². The van der Waals surface area contributed by atoms with E-state index < -0.39 is 0 Å². The van der Waals surface area contributed by atoms with Crippen molar-refractivity contribution in [1.29, 1.82) is 5.41 Å². The summed E-state index contributed by atoms with van der Waals surface area (Å²) in [6.45, 7) is 5.14. The van der Waals surface area contributed by atoms with Crippen LogP contribution in [0.25, 0.3) is 0 Å². The first-order valence-electron chi connectivity index (χ1n) is 11.6. The first-order chi connectivity index (χ1) is 16.4. The van der Waals surface area contributed by atoms with Crippen LogP contribution in [0.2, 0.25) is 0 Å². The van der Waals surface area contributed by atoms with Gasteiger partial charge >= 0.3 is 0 Å². The molecule has 1 aromatic heterocycles. The minimum Gasteiger partial charge on any atom is -0.457 e. The molecule has 1 aliphatic heterocycles. The third kappa shape index (κ3) is 5.36. The molecule has 1 amide bonds. The summed E-state index contributed by atoms with van der Waals surface area (Å²) in [5.74, 6) is 1.88. The number of likely N-dealkylation sites (tertiary alicyclic amines) is 1. The summed E-state index contributed by atoms with van der Waals surface area (Å²) >= 11 is 0. The monoisotopic (exact) mass is 457 g/mol. The number of rotatable bonds is 7. The summed E-state index contributed by atoms with van der Waals surface area (Å²) in [6, 6.07) is 19.0. The molecular formula is C27H31N5O2. The molecule has 2 heterocycles. The molecule has 0 saturated carbocycles. The molecule has 4 rings (SSSR count). The fourth-order valence-corrected chi connectivity index (χ4v) is 4.21. The molecule has 0 spiro atoms. The molecule has 2 aromatic carbocycles. The van der Waals surface area contributed by atoms with Crippen LogP contribution in [-0.4, -0.2) is 34.6 Å². The predicted molar refractivity (Wildman–Crippen MR) is 136 cm³/mol. The zero-order valence-corrected chi connectivity index (χ0v) is 19.6. The van der Waals surface area contributed by atoms with Gasteiger partial charge in [-0.05, 0) is 55.3 Å². The lowest BCUT2D eigenvalue weighted by Crippen LogP contribution is -2.44. The maximum atomic E-state index is 12.5. The Bertz CT molecular complexity index is 1150. The summed E-state index contributed by atoms with van der Waals surface area (Å²) in [4.78, 5) is 18.6. The van der Waals surface area contributed by atoms with Crippen molar-refractivity contribution < 1.29 is 9.53 Å². The number of anilines is 3. The number of aromatic nitrogens is 1. The highest BCUT2D eigenvalue weighted by atomic mass is 16.5. The quantitative estimate of drug-likeness (QED) is 0.409. The standard InChI is InChI=1S/C27H31N5O2/c1-18(2)27(33)32-16-6-7-19(17-32)24(28)23-14-15-30-26(29)25(23)31-20-10-12-22(13-11-20)34-21-8-4-3-5-9-21/h3-5,8-15,18-19,28,31H,6-7,16-17H2,1-2H3,(H2,29,30)/t19-/m1/s1. The van der Waals surface area contributed by atoms with Crippen molar-refractivity contribution in [3.63, 3.8) is 0 Å². The van der Waals surface area contributed by atoms with Crippen LogP contribution in [0.4, 0.5) is 17.2 Å². The number of amides is 1. The van der Waals surface area contributed by atoms with Crippen molar-refractivity contribution in [2.75, 3.05) is 24.1 Å². The maximum Gasteiger partial charge on any atom is 0.225 e. The number of carbonyl (C=O) groups excluding carboxylic acids is 1. The van der Waals surface area contributed by atoms with E-state index in [4.69, 9.17) is 15.9 Å². The molecule has 4 N–H and O–H groups in total. The number of ether oxygens (including phenoxy) is 1. The van der Waals surface area contributed by atoms with Gasteiger partial charge < -0.3 is 26.1 Å². The normalized spacial score (nSPS) is 15.7. The van der Waals surface area contributed by atoms with Crippen molar-refractivity contribution in [1.82, 2.24) is 9.88 Å². The molecule has 176 valence electrons. The van der Waals surface area contributed by atoms with E-state index in [2.05, 4.69) is 10.3 Å². The van der Waals surface area contributed by atoms with Crippen LogP contribution in [0.1, 0.15) is 32.3 Å². The first kappa shape index (κ1) is 23.3. The van der Waals surface area contributed by atoms with E-state index in [9.17, 15) is 4.79 Å². The van der Waals surface area contributed by atoms with Gasteiger partial charge in [0.05, 0.1) is 5.69 Å². The highest BCUT2D eigenvalue weighted by molar-refractivity contribution is 6.07. The fraction of sp³-hybridized carbons (Fsp3) is 0.296. The van der Waals surface area contributed by atoms with E-state index in [1.807, 2.05) is 79.4 Å². The predicted octanol–water partition coefficient (Wildman–Crippen LogP) is 5.46. The second-order valence-corrected chi connectivity index (χ2v) is 8.88. The highest BCUT2D eigenvalue weighted by Gasteiger charge is 2.29. The number of nitrogen functional groups attached to an aromatic ring is 1. The minimum atomic E-state index is -0.0458. The number of benzene rings is 2. The van der Waals surface area contributed by atoms with E-state index in [1.54, 1.807) is 6.20 Å². The van der Waals surface area contributed by atoms with Crippen LogP contribution < -0.4 is 15.8 Å². The van der Waals surface area contributed by atoms with Gasteiger partial charge in [-0.15, -0.1) is 0 Å². The molecule has 1 aliphatic rings. The second kappa shape index (κ2) is 10.4. The molecule has 0 bridgehead atoms. The zero-order valence-electron chi connectivity index (χ0n) is 19.6. The number of hydrogen-bond donors (Lipinski definition) is 3. The van der Waals surface area contributed by atoms with Gasteiger partial charge in [-0.2, -0.15) is 0 Å². The molecular weight excluding hydrogens is 426 g/mol. The lowest BCUT2D eigenvalue weighted by Gasteiger charge is -2.34. The SMILES string of the molecule is CC(C)C(=O)N1CCC[C@@H](C(=N)c2ccnc(N)c2Nc2ccc(Oc3ccccc3)cc2)C1. The molecule has 1 saturated heterocycles. The second-order valence-electron chi connectivity index (χ2n) is 8.88. The number of nitrogens with two attached hydrogens (primary N) is 1. The van der Waals surface area contributed by atoms with Gasteiger partial charge in [0.1, 0.15) is 17.3 Å². The van der Waals surface area contributed by atoms with E-state index >= 15 is 0 Å². The van der Waals surface area contributed by atoms with Gasteiger partial charge in [0, 0.05) is 48.1 Å². The zero-order chi connectivity index (χ0) is 24.1. The molecule has 34 heavy (non-hydrogen) atoms. The summed E-state index contributed by atoms with van der Waals surface area (Å²) in [5.41, 5.74) is 8.83. The number of nitrogens with zero attached hydrogens (tertiary/aromatic N) is 2. The van der Waals surface area contributed by atoms with Crippen LogP contribution >= 0.6 is 0 Å². The van der Waals surface area contributed by atoms with E-state index in [1.165, 1.54) is 0 Å². The number of pyridine rings is 1. The number of para-hydroxylation sites is 1. The molecule has 7 nitrogen and oxygen atoms in total. The molecule has 3 aromatic rings. The van der Waals surface area contributed by atoms with Gasteiger partial charge in [0.2, 0.25) is 5.91 Å². The van der Waals surface area contributed by atoms with E-state index in [0.29, 0.717) is 29.3 Å². The number of hydrogen-bond acceptors (Lipinski definition) is 6. The Hall–Kier alpha value is -3.87. The largest absolute Gasteiger partial charge is 0.457 e. The number of carbonyl (C=O) groups is 1. The van der Waals surface area contributed by atoms with Gasteiger partial charge in [0.15, 0.2) is 0 Å². The highest BCUT2D eigenvalue weighted by Crippen LogP contribution is 2.31. The Morgan fingerprint density at radius 2 is 1.82 bits per heavy atom. The van der Waals surface area contributed by atoms with E-state index in [0.717, 1.165) is 36.6 Å². The summed E-state index contributed by atoms with van der Waals surface area (Å²) in [5, 5.41) is 12.3. The van der Waals surface area contributed by atoms with E-state index in [-0.39, 0.29) is 17.7 Å². The number of nitrogens with one attached hydrogen (secondary N) is 2. The first-order valence-corrected chi connectivity index (χ1v) is 11.6. The molecule has 1 atom stereocenters. The Morgan fingerprint density at radius 1 is 1.12 bits per heavy atom. The lowest BCUT2D eigenvalue weighted by atomic mass is 9.88. The average Bonchev–Trinajstić information content (AvgIpc) is 2.86. The van der Waals surface area contributed by atoms with Gasteiger partial charge in [-0.3, -0.25) is 4.79 Å². The van der Waals surface area contributed by atoms with Crippen molar-refractivity contribution in [3.05, 3.63) is 72.4 Å². The van der Waals surface area contributed by atoms with Gasteiger partial charge in [-0.25, -0.2) is 4.98 Å². The van der Waals surface area contributed by atoms with Crippen molar-refractivity contribution in [2.24, 2.45) is 11.8 Å². The van der Waals surface area contributed by atoms with Gasteiger partial charge in [-0.1, -0.05) is 32.0 Å². The number of piperidine rings is 1. The van der Waals surface area contributed by atoms with Crippen LogP contribution in [0, 0.1) is 17.2 Å². The smallest absolute Gasteiger partial charge is 0.225 e. The summed E-state index contributed by atoms with van der Waals surface area (Å²) < 4.78 is 5.86. The fourth-order valence-electron chi connectivity index (χ4n) is 4.21. The molecule has 1 fully saturated rings. The lowest BCUT2D eigenvalue weighted by molar-refractivity contribution is -0.135. The Kier molecular flexibility index (Phi) is 7.11. The Labute approximate surface area is 200 Å². The third-order valence-electron chi connectivity index (χ3n) is 6.01. The Morgan fingerprint density at radius 3 is 2.53 bits per heavy atom. The average molecular weight is 458 g/mol. The Balaban J connectivity index is 1.50. The molecule has 0 aliphatic carbocycles. The van der Waals surface area contributed by atoms with Crippen molar-refractivity contribution in [2.45, 2.75) is 26.7 Å². The van der Waals surface area contributed by atoms with Crippen LogP contribution in [0.15, 0.2) is 66.9 Å². The topological polar surface area (TPSA) is 104 Å². The van der Waals surface area contributed by atoms with Crippen LogP contribution in [0.3, 0.4) is 0 Å². The molecule has 7 heteroatoms. The van der Waals surface area contributed by atoms with Crippen molar-refractivity contribution in [3.8, 4) is 11.5 Å². The third-order valence-corrected chi connectivity index (χ3v) is 6.01. The van der Waals surface area contributed by atoms with Crippen LogP contribution in [-0.2, 0) is 4.79 Å². The summed E-state index contributed by atoms with van der Waals surface area (Å²) in [7, 11) is 0.